The minimum atomic E-state index is 0.581. The summed E-state index contributed by atoms with van der Waals surface area (Å²) in [7, 11) is 0. The van der Waals surface area contributed by atoms with Gasteiger partial charge in [0.25, 0.3) is 0 Å². The van der Waals surface area contributed by atoms with Crippen LogP contribution in [-0.4, -0.2) is 25.3 Å². The van der Waals surface area contributed by atoms with E-state index in [1.54, 1.807) is 12.3 Å². The third-order valence-electron chi connectivity index (χ3n) is 1.12. The highest BCUT2D eigenvalue weighted by molar-refractivity contribution is 7.71. The van der Waals surface area contributed by atoms with Crippen molar-refractivity contribution in [2.45, 2.75) is 0 Å². The molecule has 6 heteroatoms. The topological polar surface area (TPSA) is 58.9 Å². The van der Waals surface area contributed by atoms with Crippen LogP contribution >= 0.6 is 12.2 Å². The normalized spacial score (nSPS) is 10.4. The van der Waals surface area contributed by atoms with E-state index in [1.807, 2.05) is 0 Å². The zero-order valence-corrected chi connectivity index (χ0v) is 5.67. The molecule has 0 radical (unpaired) electrons. The van der Waals surface area contributed by atoms with E-state index in [9.17, 15) is 0 Å². The molecule has 10 heavy (non-hydrogen) atoms. The third kappa shape index (κ3) is 0.623. The second-order valence-electron chi connectivity index (χ2n) is 1.74. The van der Waals surface area contributed by atoms with Crippen molar-refractivity contribution in [2.24, 2.45) is 0 Å². The summed E-state index contributed by atoms with van der Waals surface area (Å²) in [5.74, 6) is 0. The number of aromatic nitrogens is 5. The molecule has 0 bridgehead atoms. The van der Waals surface area contributed by atoms with Gasteiger partial charge in [-0.2, -0.15) is 0 Å². The summed E-state index contributed by atoms with van der Waals surface area (Å²) in [6.07, 6.45) is 1.69. The fraction of sp³-hybridized carbons (Fsp3) is 0. The Labute approximate surface area is 60.7 Å². The molecule has 0 aliphatic carbocycles. The number of aromatic amines is 1. The fourth-order valence-corrected chi connectivity index (χ4v) is 0.881. The van der Waals surface area contributed by atoms with Crippen molar-refractivity contribution < 1.29 is 0 Å². The van der Waals surface area contributed by atoms with E-state index in [0.717, 1.165) is 0 Å². The average Bonchev–Trinajstić information content (AvgIpc) is 2.36. The fourth-order valence-electron chi connectivity index (χ4n) is 0.686. The first-order valence-corrected chi connectivity index (χ1v) is 3.04. The van der Waals surface area contributed by atoms with Crippen LogP contribution in [0.3, 0.4) is 0 Å². The average molecular weight is 153 g/mol. The maximum Gasteiger partial charge on any atom is 0.215 e. The number of tetrazole rings is 1. The van der Waals surface area contributed by atoms with Crippen LogP contribution in [0.2, 0.25) is 0 Å². The van der Waals surface area contributed by atoms with Crippen LogP contribution in [0.5, 0.6) is 0 Å². The van der Waals surface area contributed by atoms with Gasteiger partial charge in [0.2, 0.25) is 5.65 Å². The van der Waals surface area contributed by atoms with E-state index in [-0.39, 0.29) is 0 Å². The van der Waals surface area contributed by atoms with Crippen molar-refractivity contribution in [3.63, 3.8) is 0 Å². The maximum atomic E-state index is 4.92. The highest BCUT2D eigenvalue weighted by Crippen LogP contribution is 1.94. The molecule has 2 aromatic rings. The largest absolute Gasteiger partial charge is 0.282 e. The van der Waals surface area contributed by atoms with Gasteiger partial charge in [0.15, 0.2) is 0 Å². The van der Waals surface area contributed by atoms with Gasteiger partial charge < -0.3 is 0 Å². The minimum Gasteiger partial charge on any atom is -0.282 e. The van der Waals surface area contributed by atoms with Crippen LogP contribution in [0, 0.1) is 4.51 Å². The molecule has 0 saturated carbocycles. The van der Waals surface area contributed by atoms with Crippen molar-refractivity contribution in [3.8, 4) is 0 Å². The smallest absolute Gasteiger partial charge is 0.215 e. The molecule has 2 aromatic heterocycles. The highest BCUT2D eigenvalue weighted by atomic mass is 32.1. The molecular formula is C4H3N5S. The zero-order valence-electron chi connectivity index (χ0n) is 4.85. The Bertz CT molecular complexity index is 401. The third-order valence-corrected chi connectivity index (χ3v) is 1.44. The summed E-state index contributed by atoms with van der Waals surface area (Å²) < 4.78 is 2.06. The zero-order chi connectivity index (χ0) is 6.97. The van der Waals surface area contributed by atoms with Gasteiger partial charge in [0, 0.05) is 6.20 Å². The molecule has 0 amide bonds. The molecule has 2 heterocycles. The number of hydrogen-bond acceptors (Lipinski definition) is 4. The summed E-state index contributed by atoms with van der Waals surface area (Å²) >= 11 is 4.92. The summed E-state index contributed by atoms with van der Waals surface area (Å²) in [4.78, 5) is 0. The Kier molecular flexibility index (Phi) is 1.01. The van der Waals surface area contributed by atoms with Crippen LogP contribution in [0.25, 0.3) is 5.65 Å². The maximum absolute atomic E-state index is 4.92. The molecular weight excluding hydrogens is 150 g/mol. The predicted molar refractivity (Wildman–Crippen MR) is 36.0 cm³/mol. The summed E-state index contributed by atoms with van der Waals surface area (Å²) in [6.45, 7) is 0. The van der Waals surface area contributed by atoms with Gasteiger partial charge in [-0.1, -0.05) is 12.2 Å². The van der Waals surface area contributed by atoms with Gasteiger partial charge in [-0.15, -0.1) is 9.73 Å². The molecule has 0 unspecified atom stereocenters. The van der Waals surface area contributed by atoms with Crippen molar-refractivity contribution in [1.29, 1.82) is 0 Å². The van der Waals surface area contributed by atoms with Gasteiger partial charge in [-0.05, 0) is 16.5 Å². The lowest BCUT2D eigenvalue weighted by atomic mass is 10.6. The Hall–Kier alpha value is -1.30. The van der Waals surface area contributed by atoms with E-state index in [1.165, 1.54) is 4.63 Å². The molecule has 0 aliphatic heterocycles. The van der Waals surface area contributed by atoms with Gasteiger partial charge in [-0.3, -0.25) is 5.10 Å². The summed E-state index contributed by atoms with van der Waals surface area (Å²) in [6, 6.07) is 1.74. The molecule has 5 nitrogen and oxygen atoms in total. The van der Waals surface area contributed by atoms with Crippen LogP contribution in [-0.2, 0) is 0 Å². The predicted octanol–water partition coefficient (Wildman–Crippen LogP) is 0.182. The first kappa shape index (κ1) is 5.48. The van der Waals surface area contributed by atoms with Crippen LogP contribution in [0.1, 0.15) is 0 Å². The molecule has 0 aliphatic rings. The van der Waals surface area contributed by atoms with Crippen molar-refractivity contribution >= 4 is 17.9 Å². The van der Waals surface area contributed by atoms with E-state index in [2.05, 4.69) is 20.6 Å². The molecule has 0 atom stereocenters. The summed E-state index contributed by atoms with van der Waals surface area (Å²) in [5, 5.41) is 13.5. The second-order valence-corrected chi connectivity index (χ2v) is 2.18. The Morgan fingerprint density at radius 2 is 2.50 bits per heavy atom. The standard InChI is InChI=1S/C4H3N5S/c10-3-1-2-5-9-4(3)6-7-8-9/h1-2,5H. The van der Waals surface area contributed by atoms with Crippen molar-refractivity contribution in [1.82, 2.24) is 25.3 Å². The van der Waals surface area contributed by atoms with Crippen molar-refractivity contribution in [3.05, 3.63) is 16.8 Å². The molecule has 1 N–H and O–H groups in total. The van der Waals surface area contributed by atoms with Crippen LogP contribution in [0.15, 0.2) is 12.3 Å². The lowest BCUT2D eigenvalue weighted by Crippen LogP contribution is -1.91. The van der Waals surface area contributed by atoms with E-state index in [4.69, 9.17) is 12.2 Å². The Morgan fingerprint density at radius 1 is 1.60 bits per heavy atom. The number of fused-ring (bicyclic) bond motifs is 1. The summed E-state index contributed by atoms with van der Waals surface area (Å²) in [5.41, 5.74) is 0.581. The van der Waals surface area contributed by atoms with Gasteiger partial charge in [0.1, 0.15) is 0 Å². The number of H-pyrrole nitrogens is 1. The first-order chi connectivity index (χ1) is 4.88. The molecule has 0 aromatic carbocycles. The van der Waals surface area contributed by atoms with Crippen LogP contribution in [0.4, 0.5) is 0 Å². The quantitative estimate of drug-likeness (QED) is 0.548. The molecule has 50 valence electrons. The lowest BCUT2D eigenvalue weighted by molar-refractivity contribution is 0.732. The van der Waals surface area contributed by atoms with E-state index < -0.39 is 0 Å². The Morgan fingerprint density at radius 3 is 3.30 bits per heavy atom. The number of rotatable bonds is 0. The number of nitrogens with zero attached hydrogens (tertiary/aromatic N) is 4. The molecule has 0 fully saturated rings. The van der Waals surface area contributed by atoms with E-state index >= 15 is 0 Å². The molecule has 0 saturated heterocycles. The second kappa shape index (κ2) is 1.84. The Balaban J connectivity index is 3.09. The number of nitrogens with one attached hydrogen (secondary N) is 1. The monoisotopic (exact) mass is 153 g/mol. The lowest BCUT2D eigenvalue weighted by Gasteiger charge is -1.85. The van der Waals surface area contributed by atoms with Gasteiger partial charge in [0.05, 0.1) is 4.51 Å². The highest BCUT2D eigenvalue weighted by Gasteiger charge is 1.94. The first-order valence-electron chi connectivity index (χ1n) is 2.64. The molecule has 2 rings (SSSR count). The van der Waals surface area contributed by atoms with Crippen LogP contribution < -0.4 is 0 Å². The molecule has 0 spiro atoms. The van der Waals surface area contributed by atoms with Gasteiger partial charge >= 0.3 is 0 Å². The van der Waals surface area contributed by atoms with Crippen molar-refractivity contribution in [2.75, 3.05) is 0 Å². The minimum absolute atomic E-state index is 0.581. The SMILES string of the molecule is S=c1cc[nH]n2nnnc12. The number of hydrogen-bond donors (Lipinski definition) is 1. The van der Waals surface area contributed by atoms with E-state index in [0.29, 0.717) is 10.2 Å². The van der Waals surface area contributed by atoms with Gasteiger partial charge in [-0.25, -0.2) is 0 Å².